The smallest absolute Gasteiger partial charge is 0.484 e. The second-order valence-electron chi connectivity index (χ2n) is 2.79. The fourth-order valence-corrected chi connectivity index (χ4v) is 1.66. The molecule has 1 aromatic rings. The molecule has 0 spiro atoms. The van der Waals surface area contributed by atoms with E-state index < -0.39 is 19.9 Å². The van der Waals surface area contributed by atoms with Crippen molar-refractivity contribution in [2.24, 2.45) is 0 Å². The first-order valence-corrected chi connectivity index (χ1v) is 5.09. The van der Waals surface area contributed by atoms with Crippen LogP contribution in [-0.2, 0) is 0 Å². The predicted octanol–water partition coefficient (Wildman–Crippen LogP) is 0.307. The Hall–Kier alpha value is -0.545. The highest BCUT2D eigenvalue weighted by Crippen LogP contribution is 2.18. The van der Waals surface area contributed by atoms with E-state index in [1.165, 1.54) is 6.20 Å². The summed E-state index contributed by atoms with van der Waals surface area (Å²) in [5.74, 6) is -0.244. The van der Waals surface area contributed by atoms with Gasteiger partial charge >= 0.3 is 13.3 Å². The molecule has 1 aromatic heterocycles. The number of rotatable bonds is 3. The van der Waals surface area contributed by atoms with Crippen LogP contribution in [0.2, 0.25) is 0 Å². The van der Waals surface area contributed by atoms with E-state index in [4.69, 9.17) is 10.0 Å². The molecule has 88 valence electrons. The zero-order chi connectivity index (χ0) is 12.3. The monoisotopic (exact) mass is 347 g/mol. The molecule has 0 aliphatic heterocycles. The summed E-state index contributed by atoms with van der Waals surface area (Å²) in [4.78, 5) is 3.71. The third kappa shape index (κ3) is 3.79. The predicted molar refractivity (Wildman–Crippen MR) is 58.3 cm³/mol. The summed E-state index contributed by atoms with van der Waals surface area (Å²) in [6, 6.07) is 1.14. The third-order valence-corrected chi connectivity index (χ3v) is 2.41. The topological polar surface area (TPSA) is 62.6 Å². The molecule has 1 rings (SSSR count). The molecule has 0 bridgehead atoms. The number of pyridine rings is 1. The van der Waals surface area contributed by atoms with E-state index in [1.54, 1.807) is 22.6 Å². The van der Waals surface area contributed by atoms with Gasteiger partial charge in [0, 0.05) is 6.20 Å². The Morgan fingerprint density at radius 3 is 2.56 bits per heavy atom. The van der Waals surface area contributed by atoms with Crippen LogP contribution in [0.3, 0.4) is 0 Å². The lowest BCUT2D eigenvalue weighted by molar-refractivity contribution is -0.153. The Morgan fingerprint density at radius 1 is 1.44 bits per heavy atom. The summed E-state index contributed by atoms with van der Waals surface area (Å²) in [5, 5.41) is 17.9. The number of hydrogen-bond acceptors (Lipinski definition) is 4. The number of aromatic nitrogens is 1. The van der Waals surface area contributed by atoms with Gasteiger partial charge in [-0.05, 0) is 28.7 Å². The average Bonchev–Trinajstić information content (AvgIpc) is 2.12. The van der Waals surface area contributed by atoms with Crippen LogP contribution >= 0.6 is 22.6 Å². The number of hydrogen-bond donors (Lipinski definition) is 2. The van der Waals surface area contributed by atoms with Gasteiger partial charge in [-0.25, -0.2) is 0 Å². The molecule has 4 nitrogen and oxygen atoms in total. The molecule has 1 heterocycles. The Kier molecular flexibility index (Phi) is 4.39. The van der Waals surface area contributed by atoms with Gasteiger partial charge in [-0.1, -0.05) is 0 Å². The zero-order valence-corrected chi connectivity index (χ0v) is 9.86. The molecule has 0 aliphatic rings. The van der Waals surface area contributed by atoms with E-state index in [1.807, 2.05) is 0 Å². The minimum atomic E-state index is -4.48. The molecule has 0 radical (unpaired) electrons. The maximum absolute atomic E-state index is 11.9. The third-order valence-electron chi connectivity index (χ3n) is 1.55. The van der Waals surface area contributed by atoms with Crippen molar-refractivity contribution >= 4 is 35.2 Å². The van der Waals surface area contributed by atoms with Gasteiger partial charge < -0.3 is 14.8 Å². The second-order valence-corrected chi connectivity index (χ2v) is 3.81. The summed E-state index contributed by atoms with van der Waals surface area (Å²) in [6.07, 6.45) is -3.26. The molecule has 0 saturated heterocycles. The fraction of sp³-hybridized carbons (Fsp3) is 0.286. The van der Waals surface area contributed by atoms with Crippen molar-refractivity contribution in [3.05, 3.63) is 16.0 Å². The molecule has 9 heteroatoms. The molecule has 0 atom stereocenters. The summed E-state index contributed by atoms with van der Waals surface area (Å²) in [5.41, 5.74) is -0.174. The summed E-state index contributed by atoms with van der Waals surface area (Å²) in [7, 11) is -1.93. The van der Waals surface area contributed by atoms with Crippen LogP contribution in [0.1, 0.15) is 0 Å². The van der Waals surface area contributed by atoms with Crippen molar-refractivity contribution in [3.63, 3.8) is 0 Å². The first kappa shape index (κ1) is 13.5. The van der Waals surface area contributed by atoms with Crippen LogP contribution in [0.15, 0.2) is 12.3 Å². The summed E-state index contributed by atoms with van der Waals surface area (Å²) >= 11 is 1.67. The van der Waals surface area contributed by atoms with Crippen LogP contribution in [0.25, 0.3) is 0 Å². The highest BCUT2D eigenvalue weighted by molar-refractivity contribution is 14.1. The van der Waals surface area contributed by atoms with Gasteiger partial charge in [-0.2, -0.15) is 13.2 Å². The minimum absolute atomic E-state index is 0.173. The largest absolute Gasteiger partial charge is 0.494 e. The average molecular weight is 347 g/mol. The van der Waals surface area contributed by atoms with Gasteiger partial charge in [0.1, 0.15) is 9.45 Å². The molecule has 0 saturated carbocycles. The Labute approximate surface area is 103 Å². The van der Waals surface area contributed by atoms with Crippen molar-refractivity contribution in [3.8, 4) is 5.75 Å². The summed E-state index contributed by atoms with van der Waals surface area (Å²) in [6.45, 7) is -1.49. The van der Waals surface area contributed by atoms with E-state index in [9.17, 15) is 13.2 Å². The Balaban J connectivity index is 2.91. The first-order chi connectivity index (χ1) is 7.31. The number of halogens is 4. The fourth-order valence-electron chi connectivity index (χ4n) is 0.951. The van der Waals surface area contributed by atoms with Crippen molar-refractivity contribution in [1.29, 1.82) is 0 Å². The number of nitrogens with zero attached hydrogens (tertiary/aromatic N) is 1. The van der Waals surface area contributed by atoms with Gasteiger partial charge in [0.15, 0.2) is 6.61 Å². The SMILES string of the molecule is OB(O)c1c(OCC(F)(F)F)ccnc1I. The van der Waals surface area contributed by atoms with E-state index in [-0.39, 0.29) is 14.9 Å². The maximum Gasteiger partial charge on any atom is 0.494 e. The van der Waals surface area contributed by atoms with Gasteiger partial charge in [-0.3, -0.25) is 4.98 Å². The zero-order valence-electron chi connectivity index (χ0n) is 7.70. The lowest BCUT2D eigenvalue weighted by Crippen LogP contribution is -2.35. The van der Waals surface area contributed by atoms with Crippen molar-refractivity contribution in [1.82, 2.24) is 4.98 Å². The van der Waals surface area contributed by atoms with Gasteiger partial charge in [-0.15, -0.1) is 0 Å². The standard InChI is InChI=1S/C7H6BF3INO3/c9-7(10,11)3-16-4-1-2-13-6(12)5(4)8(14)15/h1-2,14-15H,3H2. The number of alkyl halides is 3. The molecule has 0 unspecified atom stereocenters. The van der Waals surface area contributed by atoms with E-state index in [2.05, 4.69) is 9.72 Å². The van der Waals surface area contributed by atoms with Crippen LogP contribution in [0.5, 0.6) is 5.75 Å². The molecule has 16 heavy (non-hydrogen) atoms. The molecule has 0 fully saturated rings. The van der Waals surface area contributed by atoms with Gasteiger partial charge in [0.2, 0.25) is 0 Å². The molecule has 0 amide bonds. The first-order valence-electron chi connectivity index (χ1n) is 4.01. The molecular weight excluding hydrogens is 341 g/mol. The van der Waals surface area contributed by atoms with Crippen LogP contribution in [-0.4, -0.2) is 34.9 Å². The van der Waals surface area contributed by atoms with E-state index in [0.29, 0.717) is 0 Å². The molecule has 0 aromatic carbocycles. The van der Waals surface area contributed by atoms with Crippen molar-refractivity contribution in [2.75, 3.05) is 6.61 Å². The Bertz CT molecular complexity index is 374. The quantitative estimate of drug-likeness (QED) is 0.470. The van der Waals surface area contributed by atoms with Gasteiger partial charge in [0.25, 0.3) is 0 Å². The van der Waals surface area contributed by atoms with E-state index >= 15 is 0 Å². The molecular formula is C7H6BF3INO3. The Morgan fingerprint density at radius 2 is 2.06 bits per heavy atom. The lowest BCUT2D eigenvalue weighted by Gasteiger charge is -2.13. The summed E-state index contributed by atoms with van der Waals surface area (Å²) < 4.78 is 40.3. The molecule has 0 aliphatic carbocycles. The highest BCUT2D eigenvalue weighted by Gasteiger charge is 2.30. The number of ether oxygens (including phenoxy) is 1. The van der Waals surface area contributed by atoms with Gasteiger partial charge in [0.05, 0.1) is 5.46 Å². The second kappa shape index (κ2) is 5.19. The molecule has 2 N–H and O–H groups in total. The van der Waals surface area contributed by atoms with Crippen molar-refractivity contribution < 1.29 is 28.0 Å². The highest BCUT2D eigenvalue weighted by atomic mass is 127. The lowest BCUT2D eigenvalue weighted by atomic mass is 9.81. The van der Waals surface area contributed by atoms with E-state index in [0.717, 1.165) is 6.07 Å². The maximum atomic E-state index is 11.9. The normalized spacial score (nSPS) is 11.4. The van der Waals surface area contributed by atoms with Crippen LogP contribution < -0.4 is 10.2 Å². The van der Waals surface area contributed by atoms with Crippen LogP contribution in [0.4, 0.5) is 13.2 Å². The van der Waals surface area contributed by atoms with Crippen LogP contribution in [0, 0.1) is 3.70 Å². The van der Waals surface area contributed by atoms with Crippen molar-refractivity contribution in [2.45, 2.75) is 6.18 Å². The minimum Gasteiger partial charge on any atom is -0.484 e.